The Kier molecular flexibility index (Phi) is 5.05. The van der Waals surface area contributed by atoms with Crippen LogP contribution in [0.4, 0.5) is 0 Å². The summed E-state index contributed by atoms with van der Waals surface area (Å²) >= 11 is 3.42. The number of ether oxygens (including phenoxy) is 2. The number of allylic oxidation sites excluding steroid dienone is 1. The summed E-state index contributed by atoms with van der Waals surface area (Å²) in [5.74, 6) is 1.39. The molecule has 0 aliphatic carbocycles. The SMILES string of the molecule is CC(C)=CCOc1ccc2c(c1)OC(c1ccc(Br)cc1)CC2=O. The molecule has 1 heterocycles. The average Bonchev–Trinajstić information content (AvgIpc) is 2.55. The van der Waals surface area contributed by atoms with Crippen molar-refractivity contribution in [1.29, 1.82) is 0 Å². The average molecular weight is 387 g/mol. The lowest BCUT2D eigenvalue weighted by Gasteiger charge is -2.26. The van der Waals surface area contributed by atoms with Crippen molar-refractivity contribution in [3.63, 3.8) is 0 Å². The maximum atomic E-state index is 12.4. The molecule has 3 rings (SSSR count). The molecule has 0 fully saturated rings. The van der Waals surface area contributed by atoms with Crippen molar-refractivity contribution < 1.29 is 14.3 Å². The van der Waals surface area contributed by atoms with Gasteiger partial charge < -0.3 is 9.47 Å². The van der Waals surface area contributed by atoms with Gasteiger partial charge in [-0.1, -0.05) is 33.6 Å². The molecule has 1 aliphatic heterocycles. The van der Waals surface area contributed by atoms with Gasteiger partial charge in [0.1, 0.15) is 24.2 Å². The lowest BCUT2D eigenvalue weighted by Crippen LogP contribution is -2.20. The minimum atomic E-state index is -0.258. The van der Waals surface area contributed by atoms with Crippen molar-refractivity contribution in [1.82, 2.24) is 0 Å². The molecule has 0 bridgehead atoms. The van der Waals surface area contributed by atoms with Gasteiger partial charge in [-0.2, -0.15) is 0 Å². The molecule has 1 aliphatic rings. The third-order valence-corrected chi connectivity index (χ3v) is 4.41. The molecule has 0 N–H and O–H groups in total. The molecular weight excluding hydrogens is 368 g/mol. The van der Waals surface area contributed by atoms with E-state index in [1.54, 1.807) is 12.1 Å². The van der Waals surface area contributed by atoms with Gasteiger partial charge in [-0.3, -0.25) is 4.79 Å². The number of fused-ring (bicyclic) bond motifs is 1. The van der Waals surface area contributed by atoms with Crippen LogP contribution in [-0.2, 0) is 0 Å². The summed E-state index contributed by atoms with van der Waals surface area (Å²) in [6, 6.07) is 13.3. The second kappa shape index (κ2) is 7.22. The number of hydrogen-bond acceptors (Lipinski definition) is 3. The van der Waals surface area contributed by atoms with Crippen LogP contribution in [0, 0.1) is 0 Å². The summed E-state index contributed by atoms with van der Waals surface area (Å²) in [4.78, 5) is 12.4. The highest BCUT2D eigenvalue weighted by Crippen LogP contribution is 2.37. The van der Waals surface area contributed by atoms with E-state index in [9.17, 15) is 4.79 Å². The highest BCUT2D eigenvalue weighted by molar-refractivity contribution is 9.10. The quantitative estimate of drug-likeness (QED) is 0.650. The zero-order chi connectivity index (χ0) is 17.1. The summed E-state index contributed by atoms with van der Waals surface area (Å²) in [7, 11) is 0. The Morgan fingerprint density at radius 3 is 2.71 bits per heavy atom. The number of carbonyl (C=O) groups is 1. The highest BCUT2D eigenvalue weighted by Gasteiger charge is 2.27. The fraction of sp³-hybridized carbons (Fsp3) is 0.250. The number of halogens is 1. The van der Waals surface area contributed by atoms with Crippen LogP contribution in [0.1, 0.15) is 42.3 Å². The standard InChI is InChI=1S/C20H19BrO3/c1-13(2)9-10-23-16-7-8-17-18(22)12-19(24-20(17)11-16)14-3-5-15(21)6-4-14/h3-9,11,19H,10,12H2,1-2H3. The van der Waals surface area contributed by atoms with E-state index in [2.05, 4.69) is 15.9 Å². The number of carbonyl (C=O) groups excluding carboxylic acids is 1. The van der Waals surface area contributed by atoms with Gasteiger partial charge in [-0.15, -0.1) is 0 Å². The summed E-state index contributed by atoms with van der Waals surface area (Å²) in [6.45, 7) is 4.56. The lowest BCUT2D eigenvalue weighted by molar-refractivity contribution is 0.0849. The smallest absolute Gasteiger partial charge is 0.170 e. The molecule has 24 heavy (non-hydrogen) atoms. The molecule has 0 radical (unpaired) electrons. The van der Waals surface area contributed by atoms with E-state index >= 15 is 0 Å². The lowest BCUT2D eigenvalue weighted by atomic mass is 9.96. The van der Waals surface area contributed by atoms with Crippen molar-refractivity contribution in [2.45, 2.75) is 26.4 Å². The first-order chi connectivity index (χ1) is 11.5. The Balaban J connectivity index is 1.81. The van der Waals surface area contributed by atoms with Gasteiger partial charge in [0.15, 0.2) is 5.78 Å². The summed E-state index contributed by atoms with van der Waals surface area (Å²) in [6.07, 6.45) is 2.11. The fourth-order valence-electron chi connectivity index (χ4n) is 2.56. The molecule has 0 saturated heterocycles. The minimum absolute atomic E-state index is 0.0972. The molecule has 0 saturated carbocycles. The molecule has 4 heteroatoms. The monoisotopic (exact) mass is 386 g/mol. The highest BCUT2D eigenvalue weighted by atomic mass is 79.9. The van der Waals surface area contributed by atoms with Gasteiger partial charge in [0.2, 0.25) is 0 Å². The Morgan fingerprint density at radius 1 is 1.25 bits per heavy atom. The Morgan fingerprint density at radius 2 is 2.00 bits per heavy atom. The van der Waals surface area contributed by atoms with E-state index in [1.165, 1.54) is 5.57 Å². The maximum Gasteiger partial charge on any atom is 0.170 e. The molecule has 1 unspecified atom stereocenters. The zero-order valence-corrected chi connectivity index (χ0v) is 15.3. The number of hydrogen-bond donors (Lipinski definition) is 0. The van der Waals surface area contributed by atoms with E-state index in [4.69, 9.17) is 9.47 Å². The topological polar surface area (TPSA) is 35.5 Å². The molecule has 0 spiro atoms. The molecule has 0 amide bonds. The van der Waals surface area contributed by atoms with E-state index in [0.29, 0.717) is 30.1 Å². The number of Topliss-reactive ketones (excluding diaryl/α,β-unsaturated/α-hetero) is 1. The van der Waals surface area contributed by atoms with E-state index < -0.39 is 0 Å². The molecular formula is C20H19BrO3. The van der Waals surface area contributed by atoms with Gasteiger partial charge >= 0.3 is 0 Å². The van der Waals surface area contributed by atoms with Crippen molar-refractivity contribution in [3.8, 4) is 11.5 Å². The minimum Gasteiger partial charge on any atom is -0.489 e. The van der Waals surface area contributed by atoms with Gasteiger partial charge in [-0.25, -0.2) is 0 Å². The van der Waals surface area contributed by atoms with E-state index in [0.717, 1.165) is 10.0 Å². The van der Waals surface area contributed by atoms with Crippen molar-refractivity contribution in [2.24, 2.45) is 0 Å². The summed E-state index contributed by atoms with van der Waals surface area (Å²) in [5, 5.41) is 0. The van der Waals surface area contributed by atoms with E-state index in [-0.39, 0.29) is 11.9 Å². The maximum absolute atomic E-state index is 12.4. The normalized spacial score (nSPS) is 16.1. The van der Waals surface area contributed by atoms with Crippen LogP contribution >= 0.6 is 15.9 Å². The number of benzene rings is 2. The van der Waals surface area contributed by atoms with Gasteiger partial charge in [0.25, 0.3) is 0 Å². The second-order valence-electron chi connectivity index (χ2n) is 6.04. The van der Waals surface area contributed by atoms with Gasteiger partial charge in [-0.05, 0) is 49.8 Å². The van der Waals surface area contributed by atoms with Crippen molar-refractivity contribution >= 4 is 21.7 Å². The largest absolute Gasteiger partial charge is 0.489 e. The number of ketones is 1. The van der Waals surface area contributed by atoms with Crippen LogP contribution in [0.5, 0.6) is 11.5 Å². The van der Waals surface area contributed by atoms with Crippen LogP contribution in [0.2, 0.25) is 0 Å². The van der Waals surface area contributed by atoms with Crippen molar-refractivity contribution in [3.05, 3.63) is 69.7 Å². The van der Waals surface area contributed by atoms with Crippen LogP contribution in [0.25, 0.3) is 0 Å². The van der Waals surface area contributed by atoms with Crippen LogP contribution in [0.15, 0.2) is 58.6 Å². The zero-order valence-electron chi connectivity index (χ0n) is 13.7. The Labute approximate surface area is 150 Å². The first kappa shape index (κ1) is 16.8. The van der Waals surface area contributed by atoms with Crippen molar-refractivity contribution in [2.75, 3.05) is 6.61 Å². The Hall–Kier alpha value is -2.07. The first-order valence-electron chi connectivity index (χ1n) is 7.88. The van der Waals surface area contributed by atoms with Crippen LogP contribution < -0.4 is 9.47 Å². The predicted octanol–water partition coefficient (Wildman–Crippen LogP) is 5.50. The summed E-state index contributed by atoms with van der Waals surface area (Å²) in [5.41, 5.74) is 2.82. The fourth-order valence-corrected chi connectivity index (χ4v) is 2.83. The molecule has 1 atom stereocenters. The molecule has 124 valence electrons. The van der Waals surface area contributed by atoms with Crippen LogP contribution in [-0.4, -0.2) is 12.4 Å². The molecule has 3 nitrogen and oxygen atoms in total. The first-order valence-corrected chi connectivity index (χ1v) is 8.68. The third-order valence-electron chi connectivity index (χ3n) is 3.88. The third kappa shape index (κ3) is 3.88. The van der Waals surface area contributed by atoms with Crippen LogP contribution in [0.3, 0.4) is 0 Å². The Bertz CT molecular complexity index is 774. The van der Waals surface area contributed by atoms with Gasteiger partial charge in [0, 0.05) is 10.5 Å². The molecule has 0 aromatic heterocycles. The summed E-state index contributed by atoms with van der Waals surface area (Å²) < 4.78 is 12.8. The molecule has 2 aromatic rings. The second-order valence-corrected chi connectivity index (χ2v) is 6.95. The van der Waals surface area contributed by atoms with E-state index in [1.807, 2.05) is 50.3 Å². The number of rotatable bonds is 4. The van der Waals surface area contributed by atoms with Gasteiger partial charge in [0.05, 0.1) is 12.0 Å². The molecule has 2 aromatic carbocycles. The predicted molar refractivity (Wildman–Crippen MR) is 97.8 cm³/mol.